The van der Waals surface area contributed by atoms with Crippen molar-refractivity contribution in [2.24, 2.45) is 0 Å². The molecule has 1 saturated heterocycles. The van der Waals surface area contributed by atoms with E-state index in [1.54, 1.807) is 12.1 Å². The van der Waals surface area contributed by atoms with Crippen LogP contribution in [0.15, 0.2) is 53.3 Å². The zero-order valence-corrected chi connectivity index (χ0v) is 18.6. The van der Waals surface area contributed by atoms with E-state index in [4.69, 9.17) is 4.98 Å². The van der Waals surface area contributed by atoms with Crippen LogP contribution in [0.4, 0.5) is 0 Å². The molecule has 1 atom stereocenters. The van der Waals surface area contributed by atoms with Crippen LogP contribution in [0.25, 0.3) is 21.9 Å². The number of unbranched alkanes of at least 4 members (excludes halogenated alkanes) is 2. The molecule has 1 fully saturated rings. The first-order valence-corrected chi connectivity index (χ1v) is 11.8. The Kier molecular flexibility index (Phi) is 6.15. The molecule has 8 heteroatoms. The maximum absolute atomic E-state index is 13.0. The van der Waals surface area contributed by atoms with Gasteiger partial charge in [0.05, 0.1) is 22.5 Å². The minimum Gasteiger partial charge on any atom is -0.340 e. The second kappa shape index (κ2) is 9.52. The topological polar surface area (TPSA) is 96.8 Å². The highest BCUT2D eigenvalue weighted by Crippen LogP contribution is 2.31. The van der Waals surface area contributed by atoms with Crippen molar-refractivity contribution in [2.75, 3.05) is 6.54 Å². The van der Waals surface area contributed by atoms with E-state index in [1.165, 1.54) is 4.68 Å². The smallest absolute Gasteiger partial charge is 0.277 e. The highest BCUT2D eigenvalue weighted by molar-refractivity contribution is 5.78. The van der Waals surface area contributed by atoms with Crippen molar-refractivity contribution in [2.45, 2.75) is 57.5 Å². The number of rotatable bonds is 7. The minimum atomic E-state index is -0.112. The maximum atomic E-state index is 13.0. The first kappa shape index (κ1) is 21.3. The molecule has 2 aromatic heterocycles. The molecule has 0 radical (unpaired) electrons. The molecular weight excluding hydrogens is 416 g/mol. The molecule has 1 N–H and O–H groups in total. The number of amides is 1. The van der Waals surface area contributed by atoms with Crippen molar-refractivity contribution < 1.29 is 4.79 Å². The molecule has 0 aliphatic carbocycles. The normalized spacial score (nSPS) is 16.5. The third-order valence-corrected chi connectivity index (χ3v) is 6.44. The number of imidazole rings is 1. The van der Waals surface area contributed by atoms with E-state index < -0.39 is 0 Å². The van der Waals surface area contributed by atoms with Gasteiger partial charge in [-0.2, -0.15) is 0 Å². The van der Waals surface area contributed by atoms with E-state index in [2.05, 4.69) is 15.3 Å². The molecule has 5 rings (SSSR count). The Morgan fingerprint density at radius 1 is 1.00 bits per heavy atom. The number of carbonyl (C=O) groups is 1. The Morgan fingerprint density at radius 2 is 1.82 bits per heavy atom. The summed E-state index contributed by atoms with van der Waals surface area (Å²) >= 11 is 0. The Hall–Kier alpha value is -3.55. The van der Waals surface area contributed by atoms with Gasteiger partial charge in [-0.3, -0.25) is 9.59 Å². The van der Waals surface area contributed by atoms with Gasteiger partial charge in [0.15, 0.2) is 0 Å². The van der Waals surface area contributed by atoms with Crippen LogP contribution in [0.3, 0.4) is 0 Å². The van der Waals surface area contributed by atoms with Gasteiger partial charge in [-0.15, -0.1) is 5.10 Å². The Morgan fingerprint density at radius 3 is 2.70 bits per heavy atom. The highest BCUT2D eigenvalue weighted by Gasteiger charge is 2.29. The number of fused-ring (bicyclic) bond motifs is 2. The molecule has 2 aromatic carbocycles. The highest BCUT2D eigenvalue weighted by atomic mass is 16.2. The van der Waals surface area contributed by atoms with Gasteiger partial charge in [-0.1, -0.05) is 35.9 Å². The number of hydrogen-bond donors (Lipinski definition) is 1. The number of benzene rings is 2. The number of carbonyl (C=O) groups excluding carboxylic acids is 1. The summed E-state index contributed by atoms with van der Waals surface area (Å²) in [4.78, 5) is 35.7. The summed E-state index contributed by atoms with van der Waals surface area (Å²) in [5, 5.41) is 8.76. The largest absolute Gasteiger partial charge is 0.340 e. The lowest BCUT2D eigenvalue weighted by Gasteiger charge is -2.34. The van der Waals surface area contributed by atoms with E-state index in [-0.39, 0.29) is 17.5 Å². The van der Waals surface area contributed by atoms with E-state index in [0.717, 1.165) is 61.9 Å². The van der Waals surface area contributed by atoms with E-state index in [0.29, 0.717) is 23.9 Å². The van der Waals surface area contributed by atoms with Gasteiger partial charge in [0.2, 0.25) is 5.91 Å². The Bertz CT molecular complexity index is 1290. The number of H-pyrrole nitrogens is 1. The van der Waals surface area contributed by atoms with Gasteiger partial charge < -0.3 is 9.88 Å². The predicted octanol–water partition coefficient (Wildman–Crippen LogP) is 3.98. The molecule has 1 amide bonds. The summed E-state index contributed by atoms with van der Waals surface area (Å²) in [5.41, 5.74) is 2.46. The number of nitrogens with zero attached hydrogens (tertiary/aromatic N) is 5. The molecule has 0 unspecified atom stereocenters. The van der Waals surface area contributed by atoms with Crippen LogP contribution in [-0.2, 0) is 11.3 Å². The third-order valence-electron chi connectivity index (χ3n) is 6.44. The summed E-state index contributed by atoms with van der Waals surface area (Å²) in [5.74, 6) is 1.07. The number of aromatic nitrogens is 5. The lowest BCUT2D eigenvalue weighted by atomic mass is 10.0. The molecule has 0 saturated carbocycles. The summed E-state index contributed by atoms with van der Waals surface area (Å²) < 4.78 is 1.42. The molecule has 3 heterocycles. The van der Waals surface area contributed by atoms with Crippen LogP contribution in [0.2, 0.25) is 0 Å². The molecule has 170 valence electrons. The second-order valence-corrected chi connectivity index (χ2v) is 8.68. The summed E-state index contributed by atoms with van der Waals surface area (Å²) in [7, 11) is 0. The summed E-state index contributed by atoms with van der Waals surface area (Å²) in [6.07, 6.45) is 6.02. The van der Waals surface area contributed by atoms with Gasteiger partial charge in [0.1, 0.15) is 11.3 Å². The van der Waals surface area contributed by atoms with Crippen LogP contribution < -0.4 is 5.56 Å². The van der Waals surface area contributed by atoms with Crippen LogP contribution >= 0.6 is 0 Å². The monoisotopic (exact) mass is 444 g/mol. The van der Waals surface area contributed by atoms with Crippen molar-refractivity contribution in [1.82, 2.24) is 29.9 Å². The first-order chi connectivity index (χ1) is 16.2. The number of nitrogens with one attached hydrogen (secondary N) is 1. The van der Waals surface area contributed by atoms with E-state index >= 15 is 0 Å². The SMILES string of the molecule is O=C(CCCCCn1nnc2ccccc2c1=O)N1CCCC[C@H]1c1nc2ccccc2[nH]1. The number of para-hydroxylation sites is 2. The van der Waals surface area contributed by atoms with Crippen molar-refractivity contribution in [3.63, 3.8) is 0 Å². The van der Waals surface area contributed by atoms with Gasteiger partial charge in [0.25, 0.3) is 5.56 Å². The van der Waals surface area contributed by atoms with Crippen molar-refractivity contribution in [3.05, 3.63) is 64.7 Å². The minimum absolute atomic E-state index is 0.0186. The number of aromatic amines is 1. The summed E-state index contributed by atoms with van der Waals surface area (Å²) in [6, 6.07) is 15.3. The molecule has 0 bridgehead atoms. The molecule has 1 aliphatic heterocycles. The van der Waals surface area contributed by atoms with Crippen LogP contribution in [0.5, 0.6) is 0 Å². The second-order valence-electron chi connectivity index (χ2n) is 8.68. The quantitative estimate of drug-likeness (QED) is 0.435. The van der Waals surface area contributed by atoms with Crippen LogP contribution in [0, 0.1) is 0 Å². The number of aryl methyl sites for hydroxylation is 1. The molecule has 4 aromatic rings. The first-order valence-electron chi connectivity index (χ1n) is 11.8. The van der Waals surface area contributed by atoms with Crippen LogP contribution in [-0.4, -0.2) is 42.3 Å². The number of likely N-dealkylation sites (tertiary alicyclic amines) is 1. The lowest BCUT2D eigenvalue weighted by molar-refractivity contribution is -0.135. The molecule has 8 nitrogen and oxygen atoms in total. The van der Waals surface area contributed by atoms with Crippen LogP contribution in [0.1, 0.15) is 56.8 Å². The molecule has 1 aliphatic rings. The average molecular weight is 445 g/mol. The summed E-state index contributed by atoms with van der Waals surface area (Å²) in [6.45, 7) is 1.29. The molecule has 33 heavy (non-hydrogen) atoms. The molecule has 0 spiro atoms. The van der Waals surface area contributed by atoms with Crippen molar-refractivity contribution in [3.8, 4) is 0 Å². The standard InChI is InChI=1S/C25H28N6O2/c32-23(15-2-1-8-17-31-25(33)18-10-3-4-11-19(18)28-29-31)30-16-9-7-14-22(30)24-26-20-12-5-6-13-21(20)27-24/h3-6,10-13,22H,1-2,7-9,14-17H2,(H,26,27)/t22-/m0/s1. The van der Waals surface area contributed by atoms with Gasteiger partial charge >= 0.3 is 0 Å². The van der Waals surface area contributed by atoms with E-state index in [9.17, 15) is 9.59 Å². The van der Waals surface area contributed by atoms with Crippen molar-refractivity contribution in [1.29, 1.82) is 0 Å². The Balaban J connectivity index is 1.16. The number of hydrogen-bond acceptors (Lipinski definition) is 5. The number of piperidine rings is 1. The zero-order chi connectivity index (χ0) is 22.6. The fourth-order valence-corrected chi connectivity index (χ4v) is 4.67. The fourth-order valence-electron chi connectivity index (χ4n) is 4.67. The lowest BCUT2D eigenvalue weighted by Crippen LogP contribution is -2.38. The predicted molar refractivity (Wildman–Crippen MR) is 127 cm³/mol. The Labute approximate surface area is 191 Å². The third kappa shape index (κ3) is 4.51. The zero-order valence-electron chi connectivity index (χ0n) is 18.6. The molecular formula is C25H28N6O2. The van der Waals surface area contributed by atoms with Gasteiger partial charge in [-0.25, -0.2) is 9.67 Å². The van der Waals surface area contributed by atoms with E-state index in [1.807, 2.05) is 41.3 Å². The average Bonchev–Trinajstić information content (AvgIpc) is 3.29. The van der Waals surface area contributed by atoms with Gasteiger partial charge in [-0.05, 0) is 56.4 Å². The van der Waals surface area contributed by atoms with Gasteiger partial charge in [0, 0.05) is 19.5 Å². The fraction of sp³-hybridized carbons (Fsp3) is 0.400. The maximum Gasteiger partial charge on any atom is 0.277 e. The van der Waals surface area contributed by atoms with Crippen molar-refractivity contribution >= 4 is 27.8 Å².